The van der Waals surface area contributed by atoms with Crippen LogP contribution in [0.25, 0.3) is 11.5 Å². The van der Waals surface area contributed by atoms with Gasteiger partial charge in [0.2, 0.25) is 0 Å². The lowest BCUT2D eigenvalue weighted by molar-refractivity contribution is 0.130. The first kappa shape index (κ1) is 16.1. The number of hydrogen-bond donors (Lipinski definition) is 1. The van der Waals surface area contributed by atoms with E-state index in [1.54, 1.807) is 0 Å². The average molecular weight is 341 g/mol. The summed E-state index contributed by atoms with van der Waals surface area (Å²) in [7, 11) is 0. The fraction of sp³-hybridized carbons (Fsp3) is 0.500. The Balaban J connectivity index is 1.33. The molecule has 2 aromatic rings. The highest BCUT2D eigenvalue weighted by molar-refractivity contribution is 5.76. The van der Waals surface area contributed by atoms with Gasteiger partial charge in [-0.05, 0) is 31.9 Å². The summed E-state index contributed by atoms with van der Waals surface area (Å²) in [5, 5.41) is 7.00. The Morgan fingerprint density at radius 3 is 2.64 bits per heavy atom. The molecule has 25 heavy (non-hydrogen) atoms. The molecule has 2 fully saturated rings. The zero-order valence-corrected chi connectivity index (χ0v) is 14.4. The van der Waals surface area contributed by atoms with Crippen molar-refractivity contribution in [3.8, 4) is 11.5 Å². The van der Waals surface area contributed by atoms with Crippen LogP contribution in [-0.4, -0.2) is 58.2 Å². The van der Waals surface area contributed by atoms with Crippen LogP contribution in [0.1, 0.15) is 24.2 Å². The van der Waals surface area contributed by atoms with Gasteiger partial charge >= 0.3 is 6.03 Å². The van der Waals surface area contributed by atoms with Gasteiger partial charge < -0.3 is 14.7 Å². The number of aryl methyl sites for hydroxylation is 1. The summed E-state index contributed by atoms with van der Waals surface area (Å²) in [5.74, 6) is 1.28. The largest absolute Gasteiger partial charge is 0.336 e. The summed E-state index contributed by atoms with van der Waals surface area (Å²) >= 11 is 0. The zero-order chi connectivity index (χ0) is 17.2. The van der Waals surface area contributed by atoms with E-state index in [9.17, 15) is 4.79 Å². The molecule has 7 heteroatoms. The number of piperidine rings is 1. The number of benzene rings is 1. The molecule has 132 valence electrons. The summed E-state index contributed by atoms with van der Waals surface area (Å²) < 4.78 is 5.40. The number of carbonyl (C=O) groups excluding carboxylic acids is 1. The van der Waals surface area contributed by atoms with Gasteiger partial charge in [-0.1, -0.05) is 22.9 Å². The van der Waals surface area contributed by atoms with Crippen LogP contribution in [0.3, 0.4) is 0 Å². The Morgan fingerprint density at radius 2 is 1.96 bits per heavy atom. The second-order valence-electron chi connectivity index (χ2n) is 6.81. The van der Waals surface area contributed by atoms with Crippen molar-refractivity contribution in [2.75, 3.05) is 26.2 Å². The van der Waals surface area contributed by atoms with Gasteiger partial charge in [-0.15, -0.1) is 0 Å². The maximum absolute atomic E-state index is 11.8. The van der Waals surface area contributed by atoms with Crippen molar-refractivity contribution in [1.29, 1.82) is 0 Å². The molecule has 0 saturated carbocycles. The topological polar surface area (TPSA) is 74.5 Å². The fourth-order valence-electron chi connectivity index (χ4n) is 3.56. The third kappa shape index (κ3) is 3.51. The van der Waals surface area contributed by atoms with Gasteiger partial charge in [0.05, 0.1) is 6.54 Å². The second-order valence-corrected chi connectivity index (χ2v) is 6.81. The monoisotopic (exact) mass is 341 g/mol. The van der Waals surface area contributed by atoms with Gasteiger partial charge in [0.25, 0.3) is 5.89 Å². The van der Waals surface area contributed by atoms with E-state index in [0.29, 0.717) is 24.3 Å². The molecule has 0 unspecified atom stereocenters. The SMILES string of the molecule is Cc1ccc(-c2nc(CN3CCC(N4CCNC4=O)CC3)no2)cc1. The number of amides is 2. The Morgan fingerprint density at radius 1 is 1.20 bits per heavy atom. The molecule has 0 radical (unpaired) electrons. The standard InChI is InChI=1S/C18H23N5O2/c1-13-2-4-14(5-3-13)17-20-16(21-25-17)12-22-9-6-15(7-10-22)23-11-8-19-18(23)24/h2-5,15H,6-12H2,1H3,(H,19,24). The predicted octanol–water partition coefficient (Wildman–Crippen LogP) is 2.03. The summed E-state index contributed by atoms with van der Waals surface area (Å²) in [5.41, 5.74) is 2.15. The van der Waals surface area contributed by atoms with E-state index < -0.39 is 0 Å². The van der Waals surface area contributed by atoms with Crippen LogP contribution in [0.2, 0.25) is 0 Å². The van der Waals surface area contributed by atoms with Crippen molar-refractivity contribution in [1.82, 2.24) is 25.3 Å². The van der Waals surface area contributed by atoms with E-state index in [4.69, 9.17) is 4.52 Å². The van der Waals surface area contributed by atoms with E-state index in [1.807, 2.05) is 29.2 Å². The van der Waals surface area contributed by atoms with Crippen molar-refractivity contribution in [3.05, 3.63) is 35.7 Å². The molecule has 1 N–H and O–H groups in total. The number of likely N-dealkylation sites (tertiary alicyclic amines) is 1. The lowest BCUT2D eigenvalue weighted by Crippen LogP contribution is -2.45. The summed E-state index contributed by atoms with van der Waals surface area (Å²) in [6.07, 6.45) is 1.99. The van der Waals surface area contributed by atoms with Gasteiger partial charge in [0.15, 0.2) is 5.82 Å². The number of rotatable bonds is 4. The van der Waals surface area contributed by atoms with Crippen LogP contribution >= 0.6 is 0 Å². The summed E-state index contributed by atoms with van der Waals surface area (Å²) in [6.45, 7) is 6.23. The summed E-state index contributed by atoms with van der Waals surface area (Å²) in [4.78, 5) is 20.6. The third-order valence-electron chi connectivity index (χ3n) is 5.02. The van der Waals surface area contributed by atoms with Crippen LogP contribution in [-0.2, 0) is 6.54 Å². The molecule has 2 aliphatic heterocycles. The molecule has 0 spiro atoms. The highest BCUT2D eigenvalue weighted by Crippen LogP contribution is 2.21. The van der Waals surface area contributed by atoms with Crippen LogP contribution < -0.4 is 5.32 Å². The van der Waals surface area contributed by atoms with E-state index in [-0.39, 0.29) is 6.03 Å². The number of carbonyl (C=O) groups is 1. The Labute approximate surface area is 147 Å². The highest BCUT2D eigenvalue weighted by atomic mass is 16.5. The van der Waals surface area contributed by atoms with Gasteiger partial charge in [0.1, 0.15) is 0 Å². The molecule has 1 aromatic heterocycles. The maximum Gasteiger partial charge on any atom is 0.317 e. The van der Waals surface area contributed by atoms with Gasteiger partial charge in [0, 0.05) is 37.8 Å². The van der Waals surface area contributed by atoms with Gasteiger partial charge in [-0.25, -0.2) is 4.79 Å². The zero-order valence-electron chi connectivity index (χ0n) is 14.4. The van der Waals surface area contributed by atoms with Crippen molar-refractivity contribution >= 4 is 6.03 Å². The van der Waals surface area contributed by atoms with E-state index in [0.717, 1.165) is 44.6 Å². The molecule has 4 rings (SSSR count). The van der Waals surface area contributed by atoms with Crippen molar-refractivity contribution in [2.45, 2.75) is 32.4 Å². The Kier molecular flexibility index (Phi) is 4.40. The first-order chi connectivity index (χ1) is 12.2. The number of urea groups is 1. The molecular weight excluding hydrogens is 318 g/mol. The minimum absolute atomic E-state index is 0.0827. The molecule has 2 saturated heterocycles. The predicted molar refractivity (Wildman–Crippen MR) is 92.9 cm³/mol. The lowest BCUT2D eigenvalue weighted by Gasteiger charge is -2.35. The van der Waals surface area contributed by atoms with Gasteiger partial charge in [-0.3, -0.25) is 4.90 Å². The number of nitrogens with zero attached hydrogens (tertiary/aromatic N) is 4. The second kappa shape index (κ2) is 6.84. The molecule has 0 atom stereocenters. The van der Waals surface area contributed by atoms with Crippen LogP contribution in [0.5, 0.6) is 0 Å². The van der Waals surface area contributed by atoms with Gasteiger partial charge in [-0.2, -0.15) is 4.98 Å². The lowest BCUT2D eigenvalue weighted by atomic mass is 10.0. The quantitative estimate of drug-likeness (QED) is 0.921. The minimum Gasteiger partial charge on any atom is -0.336 e. The maximum atomic E-state index is 11.8. The first-order valence-corrected chi connectivity index (χ1v) is 8.85. The van der Waals surface area contributed by atoms with E-state index in [1.165, 1.54) is 5.56 Å². The fourth-order valence-corrected chi connectivity index (χ4v) is 3.56. The van der Waals surface area contributed by atoms with Crippen LogP contribution in [0.4, 0.5) is 4.79 Å². The number of hydrogen-bond acceptors (Lipinski definition) is 5. The minimum atomic E-state index is 0.0827. The molecular formula is C18H23N5O2. The molecule has 2 aliphatic rings. The molecule has 2 amide bonds. The molecule has 0 aliphatic carbocycles. The molecule has 7 nitrogen and oxygen atoms in total. The van der Waals surface area contributed by atoms with Crippen molar-refractivity contribution in [3.63, 3.8) is 0 Å². The van der Waals surface area contributed by atoms with Crippen LogP contribution in [0, 0.1) is 6.92 Å². The smallest absolute Gasteiger partial charge is 0.317 e. The normalized spacial score (nSPS) is 19.4. The number of aromatic nitrogens is 2. The highest BCUT2D eigenvalue weighted by Gasteiger charge is 2.30. The molecule has 3 heterocycles. The third-order valence-corrected chi connectivity index (χ3v) is 5.02. The summed E-state index contributed by atoms with van der Waals surface area (Å²) in [6, 6.07) is 8.52. The molecule has 1 aromatic carbocycles. The Bertz CT molecular complexity index is 734. The van der Waals surface area contributed by atoms with Crippen molar-refractivity contribution < 1.29 is 9.32 Å². The van der Waals surface area contributed by atoms with E-state index in [2.05, 4.69) is 27.3 Å². The average Bonchev–Trinajstić information content (AvgIpc) is 3.26. The first-order valence-electron chi connectivity index (χ1n) is 8.85. The molecule has 0 bridgehead atoms. The van der Waals surface area contributed by atoms with Crippen molar-refractivity contribution in [2.24, 2.45) is 0 Å². The number of nitrogens with one attached hydrogen (secondary N) is 1. The van der Waals surface area contributed by atoms with E-state index >= 15 is 0 Å². The Hall–Kier alpha value is -2.41. The van der Waals surface area contributed by atoms with Crippen LogP contribution in [0.15, 0.2) is 28.8 Å².